The lowest BCUT2D eigenvalue weighted by molar-refractivity contribution is -0.118. The van der Waals surface area contributed by atoms with Gasteiger partial charge in [-0.25, -0.2) is 8.42 Å². The van der Waals surface area contributed by atoms with Crippen LogP contribution in [0.25, 0.3) is 0 Å². The molecule has 6 heteroatoms. The number of carbonyl (C=O) groups is 1. The highest BCUT2D eigenvalue weighted by molar-refractivity contribution is 7.91. The van der Waals surface area contributed by atoms with E-state index in [-0.39, 0.29) is 5.75 Å². The molecule has 1 amide bonds. The number of aryl methyl sites for hydroxylation is 1. The van der Waals surface area contributed by atoms with E-state index in [1.165, 1.54) is 11.3 Å². The van der Waals surface area contributed by atoms with Gasteiger partial charge in [0.25, 0.3) is 0 Å². The lowest BCUT2D eigenvalue weighted by Gasteiger charge is -2.07. The predicted octanol–water partition coefficient (Wildman–Crippen LogP) is 2.29. The molecule has 2 rings (SSSR count). The van der Waals surface area contributed by atoms with E-state index < -0.39 is 21.5 Å². The fraction of sp³-hybridized carbons (Fsp3) is 0.267. The molecule has 0 saturated carbocycles. The number of sulfone groups is 1. The van der Waals surface area contributed by atoms with E-state index in [1.54, 1.807) is 12.1 Å². The minimum Gasteiger partial charge on any atom is -0.350 e. The number of amides is 1. The third-order valence-electron chi connectivity index (χ3n) is 3.03. The standard InChI is InChI=1S/C15H17NO3S2/c1-12-5-2-3-6-13(12)10-21(18,19)11-15(17)16-9-14-7-4-8-20-14/h2-8H,9-11H2,1H3,(H,16,17). The summed E-state index contributed by atoms with van der Waals surface area (Å²) in [6, 6.07) is 11.1. The molecule has 21 heavy (non-hydrogen) atoms. The Morgan fingerprint density at radius 3 is 2.62 bits per heavy atom. The average molecular weight is 323 g/mol. The molecule has 1 aromatic carbocycles. The van der Waals surface area contributed by atoms with E-state index in [4.69, 9.17) is 0 Å². The molecular formula is C15H17NO3S2. The van der Waals surface area contributed by atoms with Crippen LogP contribution in [0.4, 0.5) is 0 Å². The molecule has 0 atom stereocenters. The van der Waals surface area contributed by atoms with E-state index in [2.05, 4.69) is 5.32 Å². The van der Waals surface area contributed by atoms with Crippen molar-refractivity contribution in [1.29, 1.82) is 0 Å². The van der Waals surface area contributed by atoms with Gasteiger partial charge in [0.1, 0.15) is 5.75 Å². The van der Waals surface area contributed by atoms with Crippen LogP contribution in [0.5, 0.6) is 0 Å². The van der Waals surface area contributed by atoms with Crippen molar-refractivity contribution in [2.45, 2.75) is 19.2 Å². The summed E-state index contributed by atoms with van der Waals surface area (Å²) in [5, 5.41) is 4.55. The van der Waals surface area contributed by atoms with E-state index in [0.717, 1.165) is 16.0 Å². The maximum absolute atomic E-state index is 12.1. The second-order valence-electron chi connectivity index (χ2n) is 4.81. The first-order valence-electron chi connectivity index (χ1n) is 6.50. The molecular weight excluding hydrogens is 306 g/mol. The van der Waals surface area contributed by atoms with Crippen LogP contribution in [-0.2, 0) is 26.9 Å². The van der Waals surface area contributed by atoms with E-state index in [9.17, 15) is 13.2 Å². The molecule has 112 valence electrons. The first-order valence-corrected chi connectivity index (χ1v) is 9.20. The van der Waals surface area contributed by atoms with E-state index in [1.807, 2.05) is 36.6 Å². The Labute approximate surface area is 128 Å². The Kier molecular flexibility index (Phi) is 5.14. The van der Waals surface area contributed by atoms with Crippen molar-refractivity contribution in [3.05, 3.63) is 57.8 Å². The maximum Gasteiger partial charge on any atom is 0.235 e. The molecule has 2 aromatic rings. The third kappa shape index (κ3) is 4.99. The molecule has 0 fully saturated rings. The first kappa shape index (κ1) is 15.7. The topological polar surface area (TPSA) is 63.2 Å². The largest absolute Gasteiger partial charge is 0.350 e. The van der Waals surface area contributed by atoms with Crippen molar-refractivity contribution in [3.63, 3.8) is 0 Å². The van der Waals surface area contributed by atoms with Gasteiger partial charge in [-0.2, -0.15) is 0 Å². The minimum absolute atomic E-state index is 0.105. The molecule has 0 aliphatic carbocycles. The number of hydrogen-bond acceptors (Lipinski definition) is 4. The molecule has 0 saturated heterocycles. The van der Waals surface area contributed by atoms with Gasteiger partial charge in [0.2, 0.25) is 5.91 Å². The Balaban J connectivity index is 1.91. The van der Waals surface area contributed by atoms with Crippen LogP contribution in [0.3, 0.4) is 0 Å². The molecule has 1 N–H and O–H groups in total. The fourth-order valence-electron chi connectivity index (χ4n) is 1.91. The van der Waals surface area contributed by atoms with Gasteiger partial charge in [-0.3, -0.25) is 4.79 Å². The minimum atomic E-state index is -3.46. The molecule has 0 radical (unpaired) electrons. The van der Waals surface area contributed by atoms with Gasteiger partial charge in [-0.1, -0.05) is 30.3 Å². The average Bonchev–Trinajstić information content (AvgIpc) is 2.91. The van der Waals surface area contributed by atoms with Crippen LogP contribution in [0.15, 0.2) is 41.8 Å². The number of thiophene rings is 1. The van der Waals surface area contributed by atoms with Crippen molar-refractivity contribution < 1.29 is 13.2 Å². The van der Waals surface area contributed by atoms with Crippen LogP contribution < -0.4 is 5.32 Å². The highest BCUT2D eigenvalue weighted by Crippen LogP contribution is 2.12. The fourth-order valence-corrected chi connectivity index (χ4v) is 3.96. The van der Waals surface area contributed by atoms with Gasteiger partial charge in [-0.15, -0.1) is 11.3 Å². The number of carbonyl (C=O) groups excluding carboxylic acids is 1. The summed E-state index contributed by atoms with van der Waals surface area (Å²) in [5.41, 5.74) is 1.66. The normalized spacial score (nSPS) is 11.3. The van der Waals surface area contributed by atoms with E-state index >= 15 is 0 Å². The van der Waals surface area contributed by atoms with Crippen molar-refractivity contribution in [2.75, 3.05) is 5.75 Å². The Bertz CT molecular complexity index is 706. The second kappa shape index (κ2) is 6.87. The summed E-state index contributed by atoms with van der Waals surface area (Å²) in [5.74, 6) is -1.05. The predicted molar refractivity (Wildman–Crippen MR) is 84.8 cm³/mol. The first-order chi connectivity index (χ1) is 9.96. The molecule has 0 spiro atoms. The van der Waals surface area contributed by atoms with Crippen molar-refractivity contribution in [2.24, 2.45) is 0 Å². The summed E-state index contributed by atoms with van der Waals surface area (Å²) in [4.78, 5) is 12.7. The van der Waals surface area contributed by atoms with E-state index in [0.29, 0.717) is 6.54 Å². The molecule has 4 nitrogen and oxygen atoms in total. The van der Waals surface area contributed by atoms with Crippen LogP contribution in [0.1, 0.15) is 16.0 Å². The van der Waals surface area contributed by atoms with Gasteiger partial charge in [-0.05, 0) is 29.5 Å². The number of nitrogens with one attached hydrogen (secondary N) is 1. The van der Waals surface area contributed by atoms with Gasteiger partial charge >= 0.3 is 0 Å². The summed E-state index contributed by atoms with van der Waals surface area (Å²) in [6.07, 6.45) is 0. The lowest BCUT2D eigenvalue weighted by Crippen LogP contribution is -2.30. The lowest BCUT2D eigenvalue weighted by atomic mass is 10.1. The number of rotatable bonds is 6. The SMILES string of the molecule is Cc1ccccc1CS(=O)(=O)CC(=O)NCc1cccs1. The summed E-state index contributed by atoms with van der Waals surface area (Å²) in [6.45, 7) is 2.23. The number of hydrogen-bond donors (Lipinski definition) is 1. The molecule has 1 aromatic heterocycles. The van der Waals surface area contributed by atoms with Crippen LogP contribution in [0.2, 0.25) is 0 Å². The summed E-state index contributed by atoms with van der Waals surface area (Å²) < 4.78 is 24.1. The smallest absolute Gasteiger partial charge is 0.235 e. The van der Waals surface area contributed by atoms with Gasteiger partial charge < -0.3 is 5.32 Å². The summed E-state index contributed by atoms with van der Waals surface area (Å²) in [7, 11) is -3.46. The zero-order chi connectivity index (χ0) is 15.3. The highest BCUT2D eigenvalue weighted by atomic mass is 32.2. The second-order valence-corrected chi connectivity index (χ2v) is 7.91. The van der Waals surface area contributed by atoms with Crippen molar-refractivity contribution in [1.82, 2.24) is 5.32 Å². The van der Waals surface area contributed by atoms with Crippen molar-refractivity contribution >= 4 is 27.1 Å². The maximum atomic E-state index is 12.1. The number of benzene rings is 1. The van der Waals surface area contributed by atoms with Gasteiger partial charge in [0, 0.05) is 4.88 Å². The quantitative estimate of drug-likeness (QED) is 0.887. The zero-order valence-corrected chi connectivity index (χ0v) is 13.3. The molecule has 1 heterocycles. The van der Waals surface area contributed by atoms with Crippen LogP contribution in [0, 0.1) is 6.92 Å². The van der Waals surface area contributed by atoms with Crippen LogP contribution in [-0.4, -0.2) is 20.1 Å². The molecule has 0 bridgehead atoms. The Hall–Kier alpha value is -1.66. The van der Waals surface area contributed by atoms with Gasteiger partial charge in [0.05, 0.1) is 12.3 Å². The van der Waals surface area contributed by atoms with Gasteiger partial charge in [0.15, 0.2) is 9.84 Å². The zero-order valence-electron chi connectivity index (χ0n) is 11.7. The Morgan fingerprint density at radius 2 is 1.95 bits per heavy atom. The highest BCUT2D eigenvalue weighted by Gasteiger charge is 2.18. The molecule has 0 aliphatic heterocycles. The third-order valence-corrected chi connectivity index (χ3v) is 5.36. The molecule has 0 aliphatic rings. The monoisotopic (exact) mass is 323 g/mol. The summed E-state index contributed by atoms with van der Waals surface area (Å²) >= 11 is 1.52. The Morgan fingerprint density at radius 1 is 1.19 bits per heavy atom. The molecule has 0 unspecified atom stereocenters. The van der Waals surface area contributed by atoms with Crippen molar-refractivity contribution in [3.8, 4) is 0 Å². The van der Waals surface area contributed by atoms with Crippen LogP contribution >= 0.6 is 11.3 Å².